The van der Waals surface area contributed by atoms with Gasteiger partial charge in [-0.15, -0.1) is 0 Å². The Kier molecular flexibility index (Phi) is 5.18. The fourth-order valence-electron chi connectivity index (χ4n) is 3.04. The molecule has 0 fully saturated rings. The van der Waals surface area contributed by atoms with Crippen LogP contribution >= 0.6 is 11.8 Å². The van der Waals surface area contributed by atoms with Gasteiger partial charge in [0.2, 0.25) is 5.91 Å². The van der Waals surface area contributed by atoms with Crippen molar-refractivity contribution in [2.45, 2.75) is 18.2 Å². The number of carbonyl (C=O) groups excluding carboxylic acids is 1. The summed E-state index contributed by atoms with van der Waals surface area (Å²) in [6.45, 7) is 1.94. The van der Waals surface area contributed by atoms with Gasteiger partial charge in [-0.05, 0) is 35.4 Å². The summed E-state index contributed by atoms with van der Waals surface area (Å²) in [6.07, 6.45) is 0. The van der Waals surface area contributed by atoms with Crippen molar-refractivity contribution in [3.05, 3.63) is 76.3 Å². The van der Waals surface area contributed by atoms with E-state index in [1.54, 1.807) is 0 Å². The number of fused-ring (bicyclic) bond motifs is 2. The lowest BCUT2D eigenvalue weighted by Gasteiger charge is -2.14. The van der Waals surface area contributed by atoms with E-state index >= 15 is 0 Å². The molecule has 7 nitrogen and oxygen atoms in total. The molecule has 0 radical (unpaired) electrons. The summed E-state index contributed by atoms with van der Waals surface area (Å²) in [6, 6.07) is 18.3. The SMILES string of the molecule is C[C@H](NC(=O)CSc1nc2cc([N+](=O)[O-])ccc2o1)c1ccc2ccccc2c1. The molecule has 0 aliphatic rings. The van der Waals surface area contributed by atoms with E-state index in [0.29, 0.717) is 16.3 Å². The zero-order valence-electron chi connectivity index (χ0n) is 15.5. The van der Waals surface area contributed by atoms with Crippen molar-refractivity contribution in [3.8, 4) is 0 Å². The Morgan fingerprint density at radius 3 is 2.76 bits per heavy atom. The van der Waals surface area contributed by atoms with Gasteiger partial charge in [0.25, 0.3) is 10.9 Å². The van der Waals surface area contributed by atoms with Crippen LogP contribution in [0.1, 0.15) is 18.5 Å². The van der Waals surface area contributed by atoms with Crippen LogP contribution in [-0.4, -0.2) is 21.6 Å². The van der Waals surface area contributed by atoms with Gasteiger partial charge in [-0.2, -0.15) is 0 Å². The minimum atomic E-state index is -0.484. The Morgan fingerprint density at radius 2 is 1.97 bits per heavy atom. The van der Waals surface area contributed by atoms with Gasteiger partial charge in [-0.3, -0.25) is 14.9 Å². The third-order valence-corrected chi connectivity index (χ3v) is 5.37. The lowest BCUT2D eigenvalue weighted by Crippen LogP contribution is -2.28. The summed E-state index contributed by atoms with van der Waals surface area (Å²) in [5.74, 6) is -0.0174. The number of nitrogens with one attached hydrogen (secondary N) is 1. The number of thioether (sulfide) groups is 1. The first kappa shape index (κ1) is 18.9. The van der Waals surface area contributed by atoms with E-state index in [2.05, 4.69) is 16.4 Å². The van der Waals surface area contributed by atoms with Gasteiger partial charge in [0, 0.05) is 12.1 Å². The predicted octanol–water partition coefficient (Wildman–Crippen LogP) is 4.86. The van der Waals surface area contributed by atoms with Crippen molar-refractivity contribution in [2.24, 2.45) is 0 Å². The summed E-state index contributed by atoms with van der Waals surface area (Å²) in [5, 5.41) is 16.4. The molecule has 29 heavy (non-hydrogen) atoms. The van der Waals surface area contributed by atoms with E-state index in [1.807, 2.05) is 43.3 Å². The van der Waals surface area contributed by atoms with Crippen LogP contribution in [0.4, 0.5) is 5.69 Å². The largest absolute Gasteiger partial charge is 0.431 e. The standard InChI is InChI=1S/C21H17N3O4S/c1-13(15-7-6-14-4-2-3-5-16(14)10-15)22-20(25)12-29-21-23-18-11-17(24(26)27)8-9-19(18)28-21/h2-11,13H,12H2,1H3,(H,22,25)/t13-/m0/s1. The summed E-state index contributed by atoms with van der Waals surface area (Å²) >= 11 is 1.15. The fraction of sp³-hybridized carbons (Fsp3) is 0.143. The maximum Gasteiger partial charge on any atom is 0.271 e. The highest BCUT2D eigenvalue weighted by molar-refractivity contribution is 7.99. The summed E-state index contributed by atoms with van der Waals surface area (Å²) < 4.78 is 5.54. The number of carbonyl (C=O) groups is 1. The number of nitro groups is 1. The Hall–Kier alpha value is -3.39. The molecule has 0 saturated carbocycles. The van der Waals surface area contributed by atoms with Crippen LogP contribution in [0.5, 0.6) is 0 Å². The number of nitro benzene ring substituents is 1. The molecule has 1 N–H and O–H groups in total. The quantitative estimate of drug-likeness (QED) is 0.278. The van der Waals surface area contributed by atoms with E-state index in [1.165, 1.54) is 18.2 Å². The van der Waals surface area contributed by atoms with E-state index < -0.39 is 4.92 Å². The zero-order chi connectivity index (χ0) is 20.4. The van der Waals surface area contributed by atoms with E-state index in [4.69, 9.17) is 4.42 Å². The number of hydrogen-bond donors (Lipinski definition) is 1. The van der Waals surface area contributed by atoms with Crippen LogP contribution in [0.3, 0.4) is 0 Å². The van der Waals surface area contributed by atoms with Crippen molar-refractivity contribution in [3.63, 3.8) is 0 Å². The number of benzene rings is 3. The molecule has 146 valence electrons. The van der Waals surface area contributed by atoms with Gasteiger partial charge >= 0.3 is 0 Å². The Balaban J connectivity index is 1.38. The van der Waals surface area contributed by atoms with Crippen LogP contribution < -0.4 is 5.32 Å². The van der Waals surface area contributed by atoms with E-state index in [-0.39, 0.29) is 23.4 Å². The van der Waals surface area contributed by atoms with Crippen molar-refractivity contribution >= 4 is 45.2 Å². The highest BCUT2D eigenvalue weighted by Gasteiger charge is 2.15. The number of non-ortho nitro benzene ring substituents is 1. The molecule has 0 aliphatic carbocycles. The maximum atomic E-state index is 12.3. The molecule has 1 heterocycles. The normalized spacial score (nSPS) is 12.2. The monoisotopic (exact) mass is 407 g/mol. The van der Waals surface area contributed by atoms with E-state index in [0.717, 1.165) is 28.1 Å². The zero-order valence-corrected chi connectivity index (χ0v) is 16.3. The second-order valence-corrected chi connectivity index (χ2v) is 7.50. The third kappa shape index (κ3) is 4.22. The lowest BCUT2D eigenvalue weighted by molar-refractivity contribution is -0.384. The Labute approximate surface area is 170 Å². The molecule has 1 aromatic heterocycles. The first-order chi connectivity index (χ1) is 14.0. The van der Waals surface area contributed by atoms with Crippen LogP contribution in [0.2, 0.25) is 0 Å². The average Bonchev–Trinajstić information content (AvgIpc) is 3.14. The fourth-order valence-corrected chi connectivity index (χ4v) is 3.69. The number of oxazole rings is 1. The summed E-state index contributed by atoms with van der Waals surface area (Å²) in [5.41, 5.74) is 1.82. The highest BCUT2D eigenvalue weighted by atomic mass is 32.2. The molecule has 1 amide bonds. The van der Waals surface area contributed by atoms with Gasteiger partial charge in [0.15, 0.2) is 5.58 Å². The van der Waals surface area contributed by atoms with Gasteiger partial charge < -0.3 is 9.73 Å². The van der Waals surface area contributed by atoms with Crippen molar-refractivity contribution in [1.29, 1.82) is 0 Å². The Morgan fingerprint density at radius 1 is 1.17 bits per heavy atom. The molecule has 0 bridgehead atoms. The second kappa shape index (κ2) is 7.92. The Bertz CT molecular complexity index is 1220. The molecule has 4 aromatic rings. The predicted molar refractivity (Wildman–Crippen MR) is 112 cm³/mol. The van der Waals surface area contributed by atoms with Gasteiger partial charge in [-0.25, -0.2) is 4.98 Å². The molecule has 0 saturated heterocycles. The minimum absolute atomic E-state index is 0.0516. The van der Waals surface area contributed by atoms with Gasteiger partial charge in [0.05, 0.1) is 16.7 Å². The minimum Gasteiger partial charge on any atom is -0.431 e. The first-order valence-electron chi connectivity index (χ1n) is 8.95. The lowest BCUT2D eigenvalue weighted by atomic mass is 10.0. The van der Waals surface area contributed by atoms with Crippen LogP contribution in [0.15, 0.2) is 70.3 Å². The molecule has 8 heteroatoms. The third-order valence-electron chi connectivity index (χ3n) is 4.54. The van der Waals surface area contributed by atoms with Crippen molar-refractivity contribution < 1.29 is 14.1 Å². The van der Waals surface area contributed by atoms with Crippen molar-refractivity contribution in [1.82, 2.24) is 10.3 Å². The van der Waals surface area contributed by atoms with E-state index in [9.17, 15) is 14.9 Å². The topological polar surface area (TPSA) is 98.3 Å². The molecule has 0 aliphatic heterocycles. The van der Waals surface area contributed by atoms with Crippen molar-refractivity contribution in [2.75, 3.05) is 5.75 Å². The molecule has 0 spiro atoms. The molecule has 1 atom stereocenters. The molecule has 3 aromatic carbocycles. The maximum absolute atomic E-state index is 12.3. The smallest absolute Gasteiger partial charge is 0.271 e. The summed E-state index contributed by atoms with van der Waals surface area (Å²) in [4.78, 5) is 26.9. The van der Waals surface area contributed by atoms with Gasteiger partial charge in [-0.1, -0.05) is 48.2 Å². The first-order valence-corrected chi connectivity index (χ1v) is 9.94. The number of rotatable bonds is 6. The van der Waals surface area contributed by atoms with Crippen LogP contribution in [-0.2, 0) is 4.79 Å². The van der Waals surface area contributed by atoms with Crippen LogP contribution in [0, 0.1) is 10.1 Å². The molecular formula is C21H17N3O4S. The second-order valence-electron chi connectivity index (χ2n) is 6.57. The van der Waals surface area contributed by atoms with Gasteiger partial charge in [0.1, 0.15) is 5.52 Å². The highest BCUT2D eigenvalue weighted by Crippen LogP contribution is 2.26. The number of nitrogens with zero attached hydrogens (tertiary/aromatic N) is 2. The number of amides is 1. The number of hydrogen-bond acceptors (Lipinski definition) is 6. The molecule has 0 unspecified atom stereocenters. The molecule has 4 rings (SSSR count). The average molecular weight is 407 g/mol. The molecular weight excluding hydrogens is 390 g/mol. The summed E-state index contributed by atoms with van der Waals surface area (Å²) in [7, 11) is 0. The van der Waals surface area contributed by atoms with Crippen LogP contribution in [0.25, 0.3) is 21.9 Å². The number of aromatic nitrogens is 1.